The van der Waals surface area contributed by atoms with Crippen LogP contribution >= 0.6 is 0 Å². The van der Waals surface area contributed by atoms with Crippen molar-refractivity contribution in [2.45, 2.75) is 65.1 Å². The van der Waals surface area contributed by atoms with Gasteiger partial charge in [0, 0.05) is 38.7 Å². The van der Waals surface area contributed by atoms with Crippen LogP contribution in [0.3, 0.4) is 0 Å². The summed E-state index contributed by atoms with van der Waals surface area (Å²) in [6, 6.07) is 1.54. The summed E-state index contributed by atoms with van der Waals surface area (Å²) in [5, 5.41) is 4.16. The minimum atomic E-state index is -0.216. The zero-order valence-corrected chi connectivity index (χ0v) is 17.6. The molecule has 0 spiro atoms. The molecule has 4 rings (SSSR count). The Hall–Kier alpha value is -2.97. The first kappa shape index (κ1) is 20.3. The van der Waals surface area contributed by atoms with Gasteiger partial charge in [0.25, 0.3) is 11.5 Å². The lowest BCUT2D eigenvalue weighted by Gasteiger charge is -2.29. The van der Waals surface area contributed by atoms with E-state index in [1.165, 1.54) is 0 Å². The molecule has 9 nitrogen and oxygen atoms in total. The number of aryl methyl sites for hydroxylation is 1. The van der Waals surface area contributed by atoms with E-state index in [4.69, 9.17) is 4.98 Å². The summed E-state index contributed by atoms with van der Waals surface area (Å²) in [6.07, 6.45) is 5.17. The summed E-state index contributed by atoms with van der Waals surface area (Å²) in [5.74, 6) is 0.560. The SMILES string of the molecule is CCCC(=O)N1CCC[C@@H]1c1nc2c(c(=O)[nH]1)CN(C(=O)c1ccnn1CC)CC2. The maximum atomic E-state index is 12.9. The standard InChI is InChI=1S/C21H28N6O3/c1-3-6-18(28)26-11-5-7-16(26)19-23-15-9-12-25(13-14(15)20(29)24-19)21(30)17-8-10-22-27(17)4-2/h8,10,16H,3-7,9,11-13H2,1-2H3,(H,23,24,29)/t16-/m1/s1. The number of amides is 2. The van der Waals surface area contributed by atoms with E-state index in [0.717, 1.165) is 25.0 Å². The zero-order chi connectivity index (χ0) is 21.3. The molecule has 4 heterocycles. The van der Waals surface area contributed by atoms with Gasteiger partial charge in [-0.05, 0) is 32.3 Å². The van der Waals surface area contributed by atoms with E-state index in [-0.39, 0.29) is 30.0 Å². The number of hydrogen-bond donors (Lipinski definition) is 1. The molecule has 2 amide bonds. The van der Waals surface area contributed by atoms with Crippen molar-refractivity contribution >= 4 is 11.8 Å². The summed E-state index contributed by atoms with van der Waals surface area (Å²) in [7, 11) is 0. The number of carbonyl (C=O) groups excluding carboxylic acids is 2. The Morgan fingerprint density at radius 1 is 1.27 bits per heavy atom. The van der Waals surface area contributed by atoms with Gasteiger partial charge >= 0.3 is 0 Å². The zero-order valence-electron chi connectivity index (χ0n) is 17.6. The topological polar surface area (TPSA) is 104 Å². The lowest BCUT2D eigenvalue weighted by molar-refractivity contribution is -0.132. The summed E-state index contributed by atoms with van der Waals surface area (Å²) in [4.78, 5) is 49.4. The first-order valence-electron chi connectivity index (χ1n) is 10.8. The van der Waals surface area contributed by atoms with E-state index in [1.807, 2.05) is 18.7 Å². The molecular formula is C21H28N6O3. The maximum absolute atomic E-state index is 12.9. The van der Waals surface area contributed by atoms with Gasteiger partial charge in [-0.1, -0.05) is 6.92 Å². The highest BCUT2D eigenvalue weighted by Gasteiger charge is 2.33. The smallest absolute Gasteiger partial charge is 0.272 e. The van der Waals surface area contributed by atoms with Crippen molar-refractivity contribution in [3.63, 3.8) is 0 Å². The third kappa shape index (κ3) is 3.64. The molecule has 1 N–H and O–H groups in total. The molecule has 160 valence electrons. The van der Waals surface area contributed by atoms with Crippen molar-refractivity contribution in [2.24, 2.45) is 0 Å². The van der Waals surface area contributed by atoms with Gasteiger partial charge in [0.15, 0.2) is 0 Å². The van der Waals surface area contributed by atoms with Gasteiger partial charge in [-0.3, -0.25) is 19.1 Å². The number of carbonyl (C=O) groups is 2. The van der Waals surface area contributed by atoms with Crippen LogP contribution in [-0.4, -0.2) is 54.5 Å². The number of nitrogens with zero attached hydrogens (tertiary/aromatic N) is 5. The molecule has 0 aliphatic carbocycles. The van der Waals surface area contributed by atoms with Crippen molar-refractivity contribution in [3.05, 3.63) is 45.4 Å². The molecular weight excluding hydrogens is 384 g/mol. The first-order valence-corrected chi connectivity index (χ1v) is 10.8. The molecule has 0 aromatic carbocycles. The van der Waals surface area contributed by atoms with Crippen LogP contribution in [-0.2, 0) is 24.3 Å². The van der Waals surface area contributed by atoms with Gasteiger partial charge in [-0.2, -0.15) is 5.10 Å². The fraction of sp³-hybridized carbons (Fsp3) is 0.571. The maximum Gasteiger partial charge on any atom is 0.272 e. The molecule has 0 saturated carbocycles. The number of hydrogen-bond acceptors (Lipinski definition) is 5. The predicted molar refractivity (Wildman–Crippen MR) is 110 cm³/mol. The van der Waals surface area contributed by atoms with E-state index >= 15 is 0 Å². The summed E-state index contributed by atoms with van der Waals surface area (Å²) >= 11 is 0. The van der Waals surface area contributed by atoms with Crippen molar-refractivity contribution in [2.75, 3.05) is 13.1 Å². The predicted octanol–water partition coefficient (Wildman–Crippen LogP) is 1.65. The second-order valence-electron chi connectivity index (χ2n) is 7.88. The molecule has 30 heavy (non-hydrogen) atoms. The first-order chi connectivity index (χ1) is 14.5. The third-order valence-electron chi connectivity index (χ3n) is 5.96. The highest BCUT2D eigenvalue weighted by atomic mass is 16.2. The van der Waals surface area contributed by atoms with Gasteiger partial charge < -0.3 is 14.8 Å². The molecule has 2 aromatic heterocycles. The quantitative estimate of drug-likeness (QED) is 0.804. The number of likely N-dealkylation sites (tertiary alicyclic amines) is 1. The second-order valence-corrected chi connectivity index (χ2v) is 7.88. The third-order valence-corrected chi connectivity index (χ3v) is 5.96. The van der Waals surface area contributed by atoms with E-state index < -0.39 is 0 Å². The number of H-pyrrole nitrogens is 1. The number of rotatable bonds is 5. The molecule has 2 aliphatic heterocycles. The van der Waals surface area contributed by atoms with Crippen LogP contribution in [0.1, 0.15) is 73.1 Å². The van der Waals surface area contributed by atoms with Crippen molar-refractivity contribution in [1.82, 2.24) is 29.5 Å². The molecule has 9 heteroatoms. The normalized spacial score (nSPS) is 18.5. The van der Waals surface area contributed by atoms with Crippen LogP contribution in [0.15, 0.2) is 17.1 Å². The highest BCUT2D eigenvalue weighted by molar-refractivity contribution is 5.92. The van der Waals surface area contributed by atoms with Gasteiger partial charge in [0.1, 0.15) is 11.5 Å². The van der Waals surface area contributed by atoms with Gasteiger partial charge in [0.05, 0.1) is 23.8 Å². The summed E-state index contributed by atoms with van der Waals surface area (Å²) in [5.41, 5.74) is 1.58. The Morgan fingerprint density at radius 3 is 2.87 bits per heavy atom. The van der Waals surface area contributed by atoms with E-state index in [2.05, 4.69) is 10.1 Å². The molecule has 0 unspecified atom stereocenters. The fourth-order valence-corrected chi connectivity index (χ4v) is 4.41. The molecule has 0 bridgehead atoms. The lowest BCUT2D eigenvalue weighted by Crippen LogP contribution is -2.41. The van der Waals surface area contributed by atoms with E-state index in [0.29, 0.717) is 49.6 Å². The van der Waals surface area contributed by atoms with E-state index in [1.54, 1.807) is 21.8 Å². The second kappa shape index (κ2) is 8.41. The molecule has 2 aliphatic rings. The van der Waals surface area contributed by atoms with Gasteiger partial charge in [-0.25, -0.2) is 4.98 Å². The van der Waals surface area contributed by atoms with Gasteiger partial charge in [0.2, 0.25) is 5.91 Å². The van der Waals surface area contributed by atoms with Crippen LogP contribution < -0.4 is 5.56 Å². The van der Waals surface area contributed by atoms with Crippen LogP contribution in [0, 0.1) is 0 Å². The van der Waals surface area contributed by atoms with Crippen molar-refractivity contribution in [1.29, 1.82) is 0 Å². The Labute approximate surface area is 175 Å². The molecule has 1 fully saturated rings. The molecule has 1 atom stereocenters. The average molecular weight is 412 g/mol. The number of aromatic nitrogens is 4. The molecule has 1 saturated heterocycles. The Balaban J connectivity index is 1.56. The average Bonchev–Trinajstić information content (AvgIpc) is 3.42. The lowest BCUT2D eigenvalue weighted by atomic mass is 10.1. The Morgan fingerprint density at radius 2 is 2.10 bits per heavy atom. The van der Waals surface area contributed by atoms with Gasteiger partial charge in [-0.15, -0.1) is 0 Å². The number of aromatic amines is 1. The van der Waals surface area contributed by atoms with Crippen molar-refractivity contribution < 1.29 is 9.59 Å². The fourth-order valence-electron chi connectivity index (χ4n) is 4.41. The molecule has 0 radical (unpaired) electrons. The summed E-state index contributed by atoms with van der Waals surface area (Å²) in [6.45, 7) is 5.97. The highest BCUT2D eigenvalue weighted by Crippen LogP contribution is 2.31. The Bertz CT molecular complexity index is 1010. The van der Waals surface area contributed by atoms with Crippen LogP contribution in [0.2, 0.25) is 0 Å². The minimum Gasteiger partial charge on any atom is -0.333 e. The van der Waals surface area contributed by atoms with E-state index in [9.17, 15) is 14.4 Å². The monoisotopic (exact) mass is 412 g/mol. The number of fused-ring (bicyclic) bond motifs is 1. The van der Waals surface area contributed by atoms with Crippen molar-refractivity contribution in [3.8, 4) is 0 Å². The summed E-state index contributed by atoms with van der Waals surface area (Å²) < 4.78 is 1.66. The van der Waals surface area contributed by atoms with Crippen LogP contribution in [0.5, 0.6) is 0 Å². The van der Waals surface area contributed by atoms with Crippen LogP contribution in [0.25, 0.3) is 0 Å². The Kier molecular flexibility index (Phi) is 5.69. The van der Waals surface area contributed by atoms with Crippen LogP contribution in [0.4, 0.5) is 0 Å². The number of nitrogens with one attached hydrogen (secondary N) is 1. The molecule has 2 aromatic rings. The largest absolute Gasteiger partial charge is 0.333 e. The minimum absolute atomic E-state index is 0.115.